The summed E-state index contributed by atoms with van der Waals surface area (Å²) in [4.78, 5) is 32.6. The molecule has 0 unspecified atom stereocenters. The second-order valence-corrected chi connectivity index (χ2v) is 30.0. The Balaban J connectivity index is 0.844. The van der Waals surface area contributed by atoms with Crippen LogP contribution >= 0.6 is 0 Å². The van der Waals surface area contributed by atoms with Crippen molar-refractivity contribution in [2.24, 2.45) is 0 Å². The maximum Gasteiger partial charge on any atom is 0.164 e. The summed E-state index contributed by atoms with van der Waals surface area (Å²) in [6, 6.07) is 118. The number of aryl methyl sites for hydroxylation is 8. The average Bonchev–Trinajstić information content (AvgIpc) is 1.58. The molecule has 534 valence electrons. The summed E-state index contributed by atoms with van der Waals surface area (Å²) < 4.78 is 4.84. The SMILES string of the molecule is Cc1ccc(-c2ccc3c(c2)c2cc(-c4ccc(C)cc4C)ccc2n3-c2ccc(-c3cccc(-c4ccc(-n5c6ccc(-c7ccc(C)cc7C)cc6c6cc(-c7ccc(C)cc7C)ccc65)cc4-c4nc(-c5ccccc5)nc(-c5ccccc5)n4)c3)c(-c3nc(-c4ccccc4)nc(-c4ccccc4)n3)c2)c(C)c1. The summed E-state index contributed by atoms with van der Waals surface area (Å²) in [6.07, 6.45) is 0. The van der Waals surface area contributed by atoms with E-state index in [-0.39, 0.29) is 0 Å². The third kappa shape index (κ3) is 12.6. The second kappa shape index (κ2) is 28.2. The minimum atomic E-state index is 0.538. The van der Waals surface area contributed by atoms with Crippen LogP contribution in [-0.4, -0.2) is 39.0 Å². The third-order valence-electron chi connectivity index (χ3n) is 22.2. The van der Waals surface area contributed by atoms with Crippen LogP contribution in [0.3, 0.4) is 0 Å². The van der Waals surface area contributed by atoms with Crippen molar-refractivity contribution in [3.05, 3.63) is 372 Å². The highest BCUT2D eigenvalue weighted by Crippen LogP contribution is 2.46. The molecule has 8 nitrogen and oxygen atoms in total. The Morgan fingerprint density at radius 1 is 0.170 bits per heavy atom. The highest BCUT2D eigenvalue weighted by Gasteiger charge is 2.25. The molecule has 0 radical (unpaired) electrons. The van der Waals surface area contributed by atoms with Crippen molar-refractivity contribution in [2.75, 3.05) is 0 Å². The Morgan fingerprint density at radius 2 is 0.411 bits per heavy atom. The summed E-state index contributed by atoms with van der Waals surface area (Å²) in [5.41, 5.74) is 34.7. The Hall–Kier alpha value is -14.1. The van der Waals surface area contributed by atoms with Gasteiger partial charge in [0, 0.05) is 66.3 Å². The maximum absolute atomic E-state index is 5.53. The van der Waals surface area contributed by atoms with Gasteiger partial charge in [0.2, 0.25) is 0 Å². The first-order chi connectivity index (χ1) is 54.7. The van der Waals surface area contributed by atoms with Gasteiger partial charge in [0.15, 0.2) is 34.9 Å². The van der Waals surface area contributed by atoms with Gasteiger partial charge < -0.3 is 9.13 Å². The maximum atomic E-state index is 5.53. The summed E-state index contributed by atoms with van der Waals surface area (Å²) in [7, 11) is 0. The third-order valence-corrected chi connectivity index (χ3v) is 22.2. The first-order valence-corrected chi connectivity index (χ1v) is 38.4. The first kappa shape index (κ1) is 68.5. The molecule has 8 heteroatoms. The molecule has 0 aliphatic rings. The number of benzene rings is 15. The molecule has 19 aromatic rings. The van der Waals surface area contributed by atoms with Crippen molar-refractivity contribution in [2.45, 2.75) is 55.4 Å². The van der Waals surface area contributed by atoms with Crippen molar-refractivity contribution < 1.29 is 0 Å². The van der Waals surface area contributed by atoms with Crippen molar-refractivity contribution >= 4 is 43.6 Å². The molecule has 19 rings (SSSR count). The molecule has 4 aromatic heterocycles. The van der Waals surface area contributed by atoms with Crippen LogP contribution in [0.15, 0.2) is 328 Å². The van der Waals surface area contributed by atoms with Crippen LogP contribution in [0.2, 0.25) is 0 Å². The van der Waals surface area contributed by atoms with Crippen LogP contribution in [0.5, 0.6) is 0 Å². The van der Waals surface area contributed by atoms with Gasteiger partial charge in [-0.2, -0.15) is 0 Å². The van der Waals surface area contributed by atoms with Crippen molar-refractivity contribution in [1.82, 2.24) is 39.0 Å². The van der Waals surface area contributed by atoms with Gasteiger partial charge in [-0.3, -0.25) is 0 Å². The molecule has 0 aliphatic heterocycles. The van der Waals surface area contributed by atoms with Crippen LogP contribution in [-0.2, 0) is 0 Å². The zero-order valence-corrected chi connectivity index (χ0v) is 63.8. The normalized spacial score (nSPS) is 11.6. The van der Waals surface area contributed by atoms with Crippen LogP contribution in [0.1, 0.15) is 44.5 Å². The molecule has 0 spiro atoms. The van der Waals surface area contributed by atoms with E-state index < -0.39 is 0 Å². The van der Waals surface area contributed by atoms with Crippen LogP contribution < -0.4 is 0 Å². The number of aromatic nitrogens is 8. The summed E-state index contributed by atoms with van der Waals surface area (Å²) in [5, 5.41) is 4.63. The predicted octanol–water partition coefficient (Wildman–Crippen LogP) is 26.7. The van der Waals surface area contributed by atoms with E-state index in [2.05, 4.69) is 319 Å². The number of hydrogen-bond acceptors (Lipinski definition) is 6. The number of nitrogens with zero attached hydrogens (tertiary/aromatic N) is 8. The standard InChI is InChI=1S/C104H78N8/c1-63-32-42-83(67(5)52-63)77-36-48-95-89(57-77)90-58-78(84-43-33-64(2)53-68(84)6)37-49-96(90)111(95)81-40-46-87(93(61-81)103-107-99(71-22-13-9-14-23-71)105-100(108-103)72-24-15-10-16-25-72)75-30-21-31-76(56-75)88-47-41-82(62-94(88)104-109-101(73-26-17-11-18-27-73)106-102(110-104)74-28-19-12-20-29-74)112-97-50-38-79(85-44-34-65(3)54-69(85)7)59-91(97)92-60-80(39-51-98(92)112)86-45-35-66(4)55-70(86)8/h9-62H,1-8H3. The highest BCUT2D eigenvalue weighted by atomic mass is 15.1. The fourth-order valence-corrected chi connectivity index (χ4v) is 16.8. The molecule has 112 heavy (non-hydrogen) atoms. The Kier molecular flexibility index (Phi) is 17.2. The van der Waals surface area contributed by atoms with Gasteiger partial charge in [-0.05, 0) is 223 Å². The Bertz CT molecular complexity index is 6210. The van der Waals surface area contributed by atoms with E-state index >= 15 is 0 Å². The summed E-state index contributed by atoms with van der Waals surface area (Å²) >= 11 is 0. The van der Waals surface area contributed by atoms with E-state index in [4.69, 9.17) is 29.9 Å². The lowest BCUT2D eigenvalue weighted by atomic mass is 9.92. The molecule has 0 fully saturated rings. The predicted molar refractivity (Wildman–Crippen MR) is 465 cm³/mol. The molecule has 0 atom stereocenters. The lowest BCUT2D eigenvalue weighted by molar-refractivity contribution is 1.07. The highest BCUT2D eigenvalue weighted by molar-refractivity contribution is 6.13. The molecule has 0 N–H and O–H groups in total. The molecule has 15 aromatic carbocycles. The molecule has 0 bridgehead atoms. The largest absolute Gasteiger partial charge is 0.309 e. The zero-order chi connectivity index (χ0) is 75.8. The molecule has 0 saturated carbocycles. The Morgan fingerprint density at radius 3 is 0.679 bits per heavy atom. The van der Waals surface area contributed by atoms with Gasteiger partial charge in [-0.1, -0.05) is 271 Å². The van der Waals surface area contributed by atoms with E-state index in [0.29, 0.717) is 34.9 Å². The molecule has 0 amide bonds. The minimum Gasteiger partial charge on any atom is -0.309 e. The van der Waals surface area contributed by atoms with Gasteiger partial charge in [-0.25, -0.2) is 29.9 Å². The minimum absolute atomic E-state index is 0.538. The summed E-state index contributed by atoms with van der Waals surface area (Å²) in [6.45, 7) is 17.5. The fourth-order valence-electron chi connectivity index (χ4n) is 16.8. The van der Waals surface area contributed by atoms with Crippen LogP contribution in [0, 0.1) is 55.4 Å². The van der Waals surface area contributed by atoms with Gasteiger partial charge >= 0.3 is 0 Å². The van der Waals surface area contributed by atoms with Crippen LogP contribution in [0.4, 0.5) is 0 Å². The second-order valence-electron chi connectivity index (χ2n) is 30.0. The van der Waals surface area contributed by atoms with Crippen molar-refractivity contribution in [3.63, 3.8) is 0 Å². The van der Waals surface area contributed by atoms with Gasteiger partial charge in [0.1, 0.15) is 0 Å². The van der Waals surface area contributed by atoms with E-state index in [1.165, 1.54) is 89.0 Å². The number of rotatable bonds is 14. The van der Waals surface area contributed by atoms with E-state index in [9.17, 15) is 0 Å². The molecular weight excluding hydrogens is 1360 g/mol. The number of fused-ring (bicyclic) bond motifs is 6. The molecular formula is C104H78N8. The molecule has 4 heterocycles. The lowest BCUT2D eigenvalue weighted by Gasteiger charge is -2.18. The topological polar surface area (TPSA) is 87.2 Å². The van der Waals surface area contributed by atoms with Crippen molar-refractivity contribution in [1.29, 1.82) is 0 Å². The first-order valence-electron chi connectivity index (χ1n) is 38.4. The van der Waals surface area contributed by atoms with E-state index in [1.54, 1.807) is 0 Å². The van der Waals surface area contributed by atoms with Gasteiger partial charge in [-0.15, -0.1) is 0 Å². The van der Waals surface area contributed by atoms with Crippen LogP contribution in [0.25, 0.3) is 190 Å². The van der Waals surface area contributed by atoms with E-state index in [0.717, 1.165) is 111 Å². The fraction of sp³-hybridized carbons (Fsp3) is 0.0769. The zero-order valence-electron chi connectivity index (χ0n) is 63.8. The Labute approximate surface area is 652 Å². The molecule has 0 aliphatic carbocycles. The van der Waals surface area contributed by atoms with Gasteiger partial charge in [0.05, 0.1) is 22.1 Å². The van der Waals surface area contributed by atoms with E-state index in [1.807, 2.05) is 72.8 Å². The van der Waals surface area contributed by atoms with Crippen molar-refractivity contribution in [3.8, 4) is 146 Å². The summed E-state index contributed by atoms with van der Waals surface area (Å²) in [5.74, 6) is 3.36. The average molecular weight is 1440 g/mol. The quantitative estimate of drug-likeness (QED) is 0.108. The molecule has 0 saturated heterocycles. The monoisotopic (exact) mass is 1440 g/mol. The number of hydrogen-bond donors (Lipinski definition) is 0. The smallest absolute Gasteiger partial charge is 0.164 e. The lowest BCUT2D eigenvalue weighted by Crippen LogP contribution is -2.03. The van der Waals surface area contributed by atoms with Gasteiger partial charge in [0.25, 0.3) is 0 Å².